The van der Waals surface area contributed by atoms with E-state index in [4.69, 9.17) is 25.8 Å². The van der Waals surface area contributed by atoms with Gasteiger partial charge in [-0.15, -0.1) is 0 Å². The number of rotatable bonds is 3. The number of halogens is 1. The molecule has 0 aromatic heterocycles. The van der Waals surface area contributed by atoms with Crippen molar-refractivity contribution in [2.75, 3.05) is 32.6 Å². The first kappa shape index (κ1) is 16.7. The SMILES string of the molecule is COc1cc(NC(=O)N2C[C@H](C)O[C@@H](C)C2)c(OC)cc1Cl. The second-order valence-electron chi connectivity index (χ2n) is 5.28. The number of benzene rings is 1. The van der Waals surface area contributed by atoms with Gasteiger partial charge in [0.05, 0.1) is 37.1 Å². The molecule has 0 spiro atoms. The van der Waals surface area contributed by atoms with Crippen molar-refractivity contribution in [2.45, 2.75) is 26.1 Å². The fourth-order valence-corrected chi connectivity index (χ4v) is 2.73. The molecule has 1 aliphatic heterocycles. The molecule has 7 heteroatoms. The molecule has 0 aliphatic carbocycles. The smallest absolute Gasteiger partial charge is 0.322 e. The molecule has 1 heterocycles. The molecule has 22 heavy (non-hydrogen) atoms. The van der Waals surface area contributed by atoms with E-state index in [1.807, 2.05) is 13.8 Å². The molecular weight excluding hydrogens is 308 g/mol. The number of carbonyl (C=O) groups excluding carboxylic acids is 1. The minimum atomic E-state index is -0.204. The zero-order valence-electron chi connectivity index (χ0n) is 13.2. The van der Waals surface area contributed by atoms with Gasteiger partial charge in [-0.05, 0) is 13.8 Å². The summed E-state index contributed by atoms with van der Waals surface area (Å²) in [5, 5.41) is 3.26. The number of carbonyl (C=O) groups is 1. The number of morpholine rings is 1. The summed E-state index contributed by atoms with van der Waals surface area (Å²) in [7, 11) is 3.04. The van der Waals surface area contributed by atoms with Gasteiger partial charge >= 0.3 is 6.03 Å². The van der Waals surface area contributed by atoms with Crippen LogP contribution < -0.4 is 14.8 Å². The van der Waals surface area contributed by atoms with Gasteiger partial charge in [0, 0.05) is 25.2 Å². The standard InChI is InChI=1S/C15H21ClN2O4/c1-9-7-18(8-10(2)22-9)15(19)17-12-6-13(20-3)11(16)5-14(12)21-4/h5-6,9-10H,7-8H2,1-4H3,(H,17,19)/t9-,10-/m0/s1. The number of methoxy groups -OCH3 is 2. The number of hydrogen-bond donors (Lipinski definition) is 1. The number of ether oxygens (including phenoxy) is 3. The van der Waals surface area contributed by atoms with Gasteiger partial charge < -0.3 is 24.4 Å². The lowest BCUT2D eigenvalue weighted by atomic mass is 10.2. The fraction of sp³-hybridized carbons (Fsp3) is 0.533. The van der Waals surface area contributed by atoms with E-state index in [0.717, 1.165) is 0 Å². The van der Waals surface area contributed by atoms with Crippen LogP contribution in [0.25, 0.3) is 0 Å². The van der Waals surface area contributed by atoms with Crippen LogP contribution >= 0.6 is 11.6 Å². The van der Waals surface area contributed by atoms with Crippen molar-refractivity contribution in [1.29, 1.82) is 0 Å². The van der Waals surface area contributed by atoms with E-state index < -0.39 is 0 Å². The van der Waals surface area contributed by atoms with Gasteiger partial charge in [0.1, 0.15) is 11.5 Å². The van der Waals surface area contributed by atoms with E-state index in [2.05, 4.69) is 5.32 Å². The number of amides is 2. The number of nitrogens with zero attached hydrogens (tertiary/aromatic N) is 1. The van der Waals surface area contributed by atoms with Crippen molar-refractivity contribution in [2.24, 2.45) is 0 Å². The van der Waals surface area contributed by atoms with Crippen LogP contribution in [0, 0.1) is 0 Å². The lowest BCUT2D eigenvalue weighted by Gasteiger charge is -2.35. The van der Waals surface area contributed by atoms with E-state index in [-0.39, 0.29) is 18.2 Å². The Labute approximate surface area is 135 Å². The van der Waals surface area contributed by atoms with Gasteiger partial charge in [-0.3, -0.25) is 0 Å². The zero-order chi connectivity index (χ0) is 16.3. The zero-order valence-corrected chi connectivity index (χ0v) is 13.9. The molecule has 2 amide bonds. The average molecular weight is 329 g/mol. The predicted octanol–water partition coefficient (Wildman–Crippen LogP) is 3.00. The summed E-state index contributed by atoms with van der Waals surface area (Å²) >= 11 is 6.06. The Kier molecular flexibility index (Phi) is 5.37. The van der Waals surface area contributed by atoms with Gasteiger partial charge in [0.15, 0.2) is 0 Å². The second-order valence-corrected chi connectivity index (χ2v) is 5.69. The van der Waals surface area contributed by atoms with E-state index in [9.17, 15) is 4.79 Å². The third-order valence-electron chi connectivity index (χ3n) is 3.42. The molecule has 0 saturated carbocycles. The third kappa shape index (κ3) is 3.75. The maximum absolute atomic E-state index is 12.4. The molecule has 1 saturated heterocycles. The highest BCUT2D eigenvalue weighted by atomic mass is 35.5. The number of anilines is 1. The maximum atomic E-state index is 12.4. The van der Waals surface area contributed by atoms with Crippen molar-refractivity contribution >= 4 is 23.3 Å². The highest BCUT2D eigenvalue weighted by molar-refractivity contribution is 6.32. The number of hydrogen-bond acceptors (Lipinski definition) is 4. The summed E-state index contributed by atoms with van der Waals surface area (Å²) in [5.74, 6) is 0.954. The molecule has 1 aliphatic rings. The first-order valence-corrected chi connectivity index (χ1v) is 7.45. The van der Waals surface area contributed by atoms with Gasteiger partial charge in [-0.25, -0.2) is 4.79 Å². The van der Waals surface area contributed by atoms with Crippen LogP contribution in [-0.2, 0) is 4.74 Å². The quantitative estimate of drug-likeness (QED) is 0.926. The summed E-state index contributed by atoms with van der Waals surface area (Å²) in [5.41, 5.74) is 0.514. The Morgan fingerprint density at radius 1 is 1.23 bits per heavy atom. The first-order valence-electron chi connectivity index (χ1n) is 7.07. The Morgan fingerprint density at radius 3 is 2.36 bits per heavy atom. The Hall–Kier alpha value is -1.66. The van der Waals surface area contributed by atoms with Crippen LogP contribution in [0.2, 0.25) is 5.02 Å². The summed E-state index contributed by atoms with van der Waals surface area (Å²) in [6, 6.07) is 3.05. The molecule has 0 bridgehead atoms. The lowest BCUT2D eigenvalue weighted by molar-refractivity contribution is -0.0530. The molecule has 2 rings (SSSR count). The summed E-state index contributed by atoms with van der Waals surface area (Å²) in [6.45, 7) is 4.98. The Morgan fingerprint density at radius 2 is 1.82 bits per heavy atom. The molecule has 0 unspecified atom stereocenters. The van der Waals surface area contributed by atoms with E-state index in [1.165, 1.54) is 14.2 Å². The van der Waals surface area contributed by atoms with Crippen LogP contribution in [0.5, 0.6) is 11.5 Å². The van der Waals surface area contributed by atoms with Crippen molar-refractivity contribution in [3.8, 4) is 11.5 Å². The molecular formula is C15H21ClN2O4. The Bertz CT molecular complexity index is 543. The molecule has 0 radical (unpaired) electrons. The van der Waals surface area contributed by atoms with Gasteiger partial charge in [0.25, 0.3) is 0 Å². The molecule has 1 N–H and O–H groups in total. The molecule has 1 aromatic rings. The van der Waals surface area contributed by atoms with E-state index >= 15 is 0 Å². The minimum absolute atomic E-state index is 0.0103. The number of urea groups is 1. The van der Waals surface area contributed by atoms with Gasteiger partial charge in [0.2, 0.25) is 0 Å². The van der Waals surface area contributed by atoms with E-state index in [1.54, 1.807) is 17.0 Å². The Balaban J connectivity index is 2.17. The van der Waals surface area contributed by atoms with Crippen LogP contribution in [0.15, 0.2) is 12.1 Å². The van der Waals surface area contributed by atoms with Crippen LogP contribution in [0.1, 0.15) is 13.8 Å². The summed E-state index contributed by atoms with van der Waals surface area (Å²) in [4.78, 5) is 14.2. The molecule has 2 atom stereocenters. The van der Waals surface area contributed by atoms with Crippen LogP contribution in [0.3, 0.4) is 0 Å². The monoisotopic (exact) mass is 328 g/mol. The molecule has 1 aromatic carbocycles. The van der Waals surface area contributed by atoms with Crippen LogP contribution in [0.4, 0.5) is 10.5 Å². The van der Waals surface area contributed by atoms with E-state index in [0.29, 0.717) is 35.3 Å². The largest absolute Gasteiger partial charge is 0.495 e. The lowest BCUT2D eigenvalue weighted by Crippen LogP contribution is -2.49. The van der Waals surface area contributed by atoms with Crippen LogP contribution in [-0.4, -0.2) is 50.4 Å². The predicted molar refractivity (Wildman–Crippen MR) is 85.2 cm³/mol. The highest BCUT2D eigenvalue weighted by Gasteiger charge is 2.26. The van der Waals surface area contributed by atoms with Crippen molar-refractivity contribution in [3.63, 3.8) is 0 Å². The molecule has 1 fully saturated rings. The maximum Gasteiger partial charge on any atom is 0.322 e. The van der Waals surface area contributed by atoms with Crippen molar-refractivity contribution in [3.05, 3.63) is 17.2 Å². The normalized spacial score (nSPS) is 21.4. The first-order chi connectivity index (χ1) is 10.4. The summed E-state index contributed by atoms with van der Waals surface area (Å²) in [6.07, 6.45) is 0.0206. The number of nitrogens with one attached hydrogen (secondary N) is 1. The molecule has 6 nitrogen and oxygen atoms in total. The third-order valence-corrected chi connectivity index (χ3v) is 3.72. The molecule has 122 valence electrons. The van der Waals surface area contributed by atoms with Crippen molar-refractivity contribution in [1.82, 2.24) is 4.90 Å². The fourth-order valence-electron chi connectivity index (χ4n) is 2.50. The summed E-state index contributed by atoms with van der Waals surface area (Å²) < 4.78 is 16.1. The minimum Gasteiger partial charge on any atom is -0.495 e. The van der Waals surface area contributed by atoms with Gasteiger partial charge in [-0.1, -0.05) is 11.6 Å². The average Bonchev–Trinajstić information content (AvgIpc) is 2.47. The second kappa shape index (κ2) is 7.07. The van der Waals surface area contributed by atoms with Gasteiger partial charge in [-0.2, -0.15) is 0 Å². The topological polar surface area (TPSA) is 60.0 Å². The van der Waals surface area contributed by atoms with Crippen molar-refractivity contribution < 1.29 is 19.0 Å². The highest BCUT2D eigenvalue weighted by Crippen LogP contribution is 2.36.